The Hall–Kier alpha value is -3.75. The summed E-state index contributed by atoms with van der Waals surface area (Å²) in [5.74, 6) is 1.56. The molecular weight excluding hydrogens is 432 g/mol. The number of hydrogen-bond acceptors (Lipinski definition) is 5. The minimum Gasteiger partial charge on any atom is -0.372 e. The lowest BCUT2D eigenvalue weighted by atomic mass is 9.92. The second kappa shape index (κ2) is 8.79. The highest BCUT2D eigenvalue weighted by atomic mass is 16.5. The molecule has 2 atom stereocenters. The van der Waals surface area contributed by atoms with E-state index in [9.17, 15) is 0 Å². The predicted octanol–water partition coefficient (Wildman–Crippen LogP) is 6.33. The first-order valence-electron chi connectivity index (χ1n) is 12.4. The molecule has 3 heterocycles. The van der Waals surface area contributed by atoms with E-state index in [1.807, 2.05) is 36.7 Å². The Morgan fingerprint density at radius 1 is 0.857 bits per heavy atom. The quantitative estimate of drug-likeness (QED) is 0.356. The van der Waals surface area contributed by atoms with Crippen LogP contribution in [-0.2, 0) is 4.74 Å². The first kappa shape index (κ1) is 21.8. The van der Waals surface area contributed by atoms with Crippen LogP contribution in [0.1, 0.15) is 43.7 Å². The van der Waals surface area contributed by atoms with Crippen molar-refractivity contribution < 1.29 is 4.74 Å². The molecule has 0 bridgehead atoms. The number of para-hydroxylation sites is 1. The van der Waals surface area contributed by atoms with Gasteiger partial charge in [0.25, 0.3) is 0 Å². The van der Waals surface area contributed by atoms with E-state index in [0.29, 0.717) is 11.5 Å². The van der Waals surface area contributed by atoms with Gasteiger partial charge >= 0.3 is 0 Å². The molecule has 2 aromatic carbocycles. The number of nitrogens with zero attached hydrogens (tertiary/aromatic N) is 4. The molecule has 5 heteroatoms. The molecule has 4 aromatic rings. The summed E-state index contributed by atoms with van der Waals surface area (Å²) >= 11 is 0. The smallest absolute Gasteiger partial charge is 0.128 e. The third-order valence-corrected chi connectivity index (χ3v) is 7.05. The Labute approximate surface area is 206 Å². The van der Waals surface area contributed by atoms with Crippen molar-refractivity contribution in [2.24, 2.45) is 0 Å². The number of pyridine rings is 2. The lowest BCUT2D eigenvalue weighted by molar-refractivity contribution is -0.00545. The number of fused-ring (bicyclic) bond motifs is 1. The third kappa shape index (κ3) is 4.15. The fourth-order valence-corrected chi connectivity index (χ4v) is 5.34. The molecule has 0 unspecified atom stereocenters. The molecule has 1 saturated carbocycles. The summed E-state index contributed by atoms with van der Waals surface area (Å²) < 4.78 is 5.88. The molecule has 1 saturated heterocycles. The van der Waals surface area contributed by atoms with E-state index in [4.69, 9.17) is 20.0 Å². The van der Waals surface area contributed by atoms with Crippen molar-refractivity contribution in [3.8, 4) is 28.3 Å². The van der Waals surface area contributed by atoms with Crippen LogP contribution >= 0.6 is 0 Å². The largest absolute Gasteiger partial charge is 0.372 e. The van der Waals surface area contributed by atoms with Crippen LogP contribution in [-0.4, -0.2) is 35.3 Å². The Balaban J connectivity index is 1.40. The molecule has 1 aliphatic carbocycles. The molecule has 0 amide bonds. The maximum atomic E-state index is 9.15. The second-order valence-corrected chi connectivity index (χ2v) is 9.82. The summed E-state index contributed by atoms with van der Waals surface area (Å²) in [6.45, 7) is 5.96. The Morgan fingerprint density at radius 3 is 2.26 bits per heavy atom. The topological polar surface area (TPSA) is 62.0 Å². The van der Waals surface area contributed by atoms with E-state index in [0.717, 1.165) is 41.1 Å². The number of morpholine rings is 1. The zero-order chi connectivity index (χ0) is 23.9. The lowest BCUT2D eigenvalue weighted by Crippen LogP contribution is -2.45. The van der Waals surface area contributed by atoms with Crippen LogP contribution in [0.2, 0.25) is 0 Å². The Bertz CT molecular complexity index is 1410. The van der Waals surface area contributed by atoms with Crippen LogP contribution in [0.4, 0.5) is 5.82 Å². The summed E-state index contributed by atoms with van der Waals surface area (Å²) in [4.78, 5) is 12.1. The van der Waals surface area contributed by atoms with E-state index in [1.165, 1.54) is 29.4 Å². The number of anilines is 1. The van der Waals surface area contributed by atoms with Gasteiger partial charge in [-0.2, -0.15) is 5.26 Å². The van der Waals surface area contributed by atoms with E-state index in [-0.39, 0.29) is 12.2 Å². The van der Waals surface area contributed by atoms with Gasteiger partial charge in [-0.1, -0.05) is 30.3 Å². The van der Waals surface area contributed by atoms with Gasteiger partial charge in [-0.3, -0.25) is 4.98 Å². The average Bonchev–Trinajstić information content (AvgIpc) is 3.72. The molecule has 5 nitrogen and oxygen atoms in total. The van der Waals surface area contributed by atoms with Crippen molar-refractivity contribution in [3.05, 3.63) is 78.1 Å². The fourth-order valence-electron chi connectivity index (χ4n) is 5.34. The zero-order valence-electron chi connectivity index (χ0n) is 20.1. The zero-order valence-corrected chi connectivity index (χ0v) is 20.1. The van der Waals surface area contributed by atoms with Crippen molar-refractivity contribution in [2.75, 3.05) is 18.0 Å². The van der Waals surface area contributed by atoms with Gasteiger partial charge < -0.3 is 9.64 Å². The number of rotatable bonds is 4. The first-order valence-corrected chi connectivity index (χ1v) is 12.4. The number of ether oxygens (including phenoxy) is 1. The summed E-state index contributed by atoms with van der Waals surface area (Å²) in [6, 6.07) is 20.7. The van der Waals surface area contributed by atoms with Crippen LogP contribution in [0.3, 0.4) is 0 Å². The number of nitriles is 1. The fraction of sp³-hybridized carbons (Fsp3) is 0.300. The summed E-state index contributed by atoms with van der Waals surface area (Å²) in [5.41, 5.74) is 7.54. The standard InChI is InChI=1S/C30H28N4O/c1-19-17-34(18-20(2)35-19)28-13-12-24(15-32-28)27-16-33-30-25(22-8-6-21(14-31)7-9-22)4-3-5-26(30)29(27)23-10-11-23/h3-9,12-13,15-16,19-20,23H,10-11,17-18H2,1-2H3/t19-,20+. The summed E-state index contributed by atoms with van der Waals surface area (Å²) in [6.07, 6.45) is 6.86. The third-order valence-electron chi connectivity index (χ3n) is 7.05. The molecule has 2 fully saturated rings. The second-order valence-electron chi connectivity index (χ2n) is 9.82. The van der Waals surface area contributed by atoms with Crippen LogP contribution in [0, 0.1) is 11.3 Å². The van der Waals surface area contributed by atoms with Gasteiger partial charge in [0.15, 0.2) is 0 Å². The van der Waals surface area contributed by atoms with E-state index < -0.39 is 0 Å². The van der Waals surface area contributed by atoms with E-state index in [1.54, 1.807) is 0 Å². The molecule has 174 valence electrons. The van der Waals surface area contributed by atoms with Crippen LogP contribution in [0.5, 0.6) is 0 Å². The van der Waals surface area contributed by atoms with Crippen molar-refractivity contribution >= 4 is 16.7 Å². The van der Waals surface area contributed by atoms with Gasteiger partial charge in [0.05, 0.1) is 29.4 Å². The van der Waals surface area contributed by atoms with Gasteiger partial charge in [-0.25, -0.2) is 4.98 Å². The summed E-state index contributed by atoms with van der Waals surface area (Å²) in [5, 5.41) is 10.4. The predicted molar refractivity (Wildman–Crippen MR) is 139 cm³/mol. The summed E-state index contributed by atoms with van der Waals surface area (Å²) in [7, 11) is 0. The molecule has 1 aliphatic heterocycles. The highest BCUT2D eigenvalue weighted by molar-refractivity contribution is 5.98. The maximum Gasteiger partial charge on any atom is 0.128 e. The Kier molecular flexibility index (Phi) is 5.47. The van der Waals surface area contributed by atoms with Crippen molar-refractivity contribution in [2.45, 2.75) is 44.8 Å². The van der Waals surface area contributed by atoms with Crippen molar-refractivity contribution in [1.29, 1.82) is 5.26 Å². The number of aromatic nitrogens is 2. The van der Waals surface area contributed by atoms with Crippen molar-refractivity contribution in [3.63, 3.8) is 0 Å². The minimum absolute atomic E-state index is 0.205. The van der Waals surface area contributed by atoms with Gasteiger partial charge in [0, 0.05) is 47.6 Å². The van der Waals surface area contributed by atoms with Gasteiger partial charge in [-0.15, -0.1) is 0 Å². The molecule has 2 aromatic heterocycles. The average molecular weight is 461 g/mol. The highest BCUT2D eigenvalue weighted by Crippen LogP contribution is 2.48. The normalized spacial score (nSPS) is 20.1. The molecule has 0 N–H and O–H groups in total. The molecule has 6 rings (SSSR count). The van der Waals surface area contributed by atoms with E-state index in [2.05, 4.69) is 55.1 Å². The monoisotopic (exact) mass is 460 g/mol. The molecular formula is C30H28N4O. The minimum atomic E-state index is 0.205. The number of hydrogen-bond donors (Lipinski definition) is 0. The van der Waals surface area contributed by atoms with Gasteiger partial charge in [0.2, 0.25) is 0 Å². The Morgan fingerprint density at radius 2 is 1.60 bits per heavy atom. The molecule has 35 heavy (non-hydrogen) atoms. The number of benzene rings is 2. The lowest BCUT2D eigenvalue weighted by Gasteiger charge is -2.36. The van der Waals surface area contributed by atoms with E-state index >= 15 is 0 Å². The van der Waals surface area contributed by atoms with Gasteiger partial charge in [0.1, 0.15) is 5.82 Å². The maximum absolute atomic E-state index is 9.15. The molecule has 0 radical (unpaired) electrons. The molecule has 0 spiro atoms. The van der Waals surface area contributed by atoms with Gasteiger partial charge in [-0.05, 0) is 68.0 Å². The van der Waals surface area contributed by atoms with Crippen molar-refractivity contribution in [1.82, 2.24) is 9.97 Å². The van der Waals surface area contributed by atoms with Crippen LogP contribution in [0.25, 0.3) is 33.2 Å². The van der Waals surface area contributed by atoms with Crippen LogP contribution in [0.15, 0.2) is 67.0 Å². The molecule has 2 aliphatic rings. The highest BCUT2D eigenvalue weighted by Gasteiger charge is 2.30. The first-order chi connectivity index (χ1) is 17.1. The SMILES string of the molecule is C[C@@H]1CN(c2ccc(-c3cnc4c(-c5ccc(C#N)cc5)cccc4c3C3CC3)cn2)C[C@H](C)O1. The van der Waals surface area contributed by atoms with Crippen LogP contribution < -0.4 is 4.90 Å².